The lowest BCUT2D eigenvalue weighted by molar-refractivity contribution is -0.384. The number of carbonyl (C=O) groups excluding carboxylic acids is 2. The molecule has 2 aromatic rings. The number of benzene rings is 2. The van der Waals surface area contributed by atoms with Gasteiger partial charge in [-0.1, -0.05) is 15.9 Å². The number of carbonyl (C=O) groups is 2. The Morgan fingerprint density at radius 2 is 2.00 bits per heavy atom. The van der Waals surface area contributed by atoms with Crippen molar-refractivity contribution in [2.75, 3.05) is 23.9 Å². The molecule has 2 amide bonds. The number of methoxy groups -OCH3 is 1. The largest absolute Gasteiger partial charge is 0.494 e. The normalized spacial score (nSPS) is 16.1. The second-order valence-electron chi connectivity index (χ2n) is 6.92. The Labute approximate surface area is 176 Å². The number of ether oxygens (including phenoxy) is 1. The number of hydrogen-bond donors (Lipinski definition) is 1. The van der Waals surface area contributed by atoms with Gasteiger partial charge < -0.3 is 15.0 Å². The molecule has 1 atom stereocenters. The van der Waals surface area contributed by atoms with Crippen LogP contribution < -0.4 is 15.0 Å². The average molecular weight is 462 g/mol. The van der Waals surface area contributed by atoms with Crippen LogP contribution in [-0.2, 0) is 9.59 Å². The smallest absolute Gasteiger partial charge is 0.273 e. The standard InChI is InChI=1S/C20H20BrN3O5/c1-11-7-16(12(2)6-15(11)21)22-20(26)13-8-19(25)23(10-13)17-5-4-14(24(27)28)9-18(17)29-3/h4-7,9,13H,8,10H2,1-3H3,(H,22,26)/t13-/m1/s1. The van der Waals surface area contributed by atoms with Crippen LogP contribution in [0.15, 0.2) is 34.8 Å². The zero-order valence-electron chi connectivity index (χ0n) is 16.2. The average Bonchev–Trinajstić information content (AvgIpc) is 3.07. The fraction of sp³-hybridized carbons (Fsp3) is 0.300. The molecule has 29 heavy (non-hydrogen) atoms. The highest BCUT2D eigenvalue weighted by Gasteiger charge is 2.36. The number of rotatable bonds is 5. The van der Waals surface area contributed by atoms with Crippen LogP contribution in [0, 0.1) is 29.9 Å². The van der Waals surface area contributed by atoms with E-state index in [0.29, 0.717) is 11.4 Å². The quantitative estimate of drug-likeness (QED) is 0.535. The number of amides is 2. The van der Waals surface area contributed by atoms with Crippen molar-refractivity contribution in [3.8, 4) is 5.75 Å². The molecule has 3 rings (SSSR count). The van der Waals surface area contributed by atoms with E-state index in [1.54, 1.807) is 0 Å². The third-order valence-corrected chi connectivity index (χ3v) is 5.78. The number of non-ortho nitro benzene ring substituents is 1. The molecule has 0 radical (unpaired) electrons. The molecule has 1 N–H and O–H groups in total. The maximum Gasteiger partial charge on any atom is 0.273 e. The Balaban J connectivity index is 1.79. The van der Waals surface area contributed by atoms with Crippen molar-refractivity contribution in [3.63, 3.8) is 0 Å². The summed E-state index contributed by atoms with van der Waals surface area (Å²) in [6.07, 6.45) is 0.0561. The molecule has 1 aliphatic rings. The van der Waals surface area contributed by atoms with Gasteiger partial charge in [0, 0.05) is 29.2 Å². The number of nitro benzene ring substituents is 1. The summed E-state index contributed by atoms with van der Waals surface area (Å²) in [5, 5.41) is 13.9. The van der Waals surface area contributed by atoms with Crippen molar-refractivity contribution >= 4 is 44.8 Å². The molecule has 1 aliphatic heterocycles. The molecule has 1 heterocycles. The van der Waals surface area contributed by atoms with Gasteiger partial charge >= 0.3 is 0 Å². The SMILES string of the molecule is COc1cc([N+](=O)[O-])ccc1N1C[C@H](C(=O)Nc2cc(C)c(Br)cc2C)CC1=O. The van der Waals surface area contributed by atoms with Crippen molar-refractivity contribution in [2.24, 2.45) is 5.92 Å². The van der Waals surface area contributed by atoms with E-state index in [2.05, 4.69) is 21.2 Å². The number of anilines is 2. The molecule has 1 fully saturated rings. The van der Waals surface area contributed by atoms with E-state index in [4.69, 9.17) is 4.74 Å². The van der Waals surface area contributed by atoms with Crippen LogP contribution in [-0.4, -0.2) is 30.4 Å². The van der Waals surface area contributed by atoms with Gasteiger partial charge in [-0.3, -0.25) is 19.7 Å². The predicted molar refractivity (Wildman–Crippen MR) is 112 cm³/mol. The lowest BCUT2D eigenvalue weighted by Crippen LogP contribution is -2.28. The summed E-state index contributed by atoms with van der Waals surface area (Å²) < 4.78 is 6.18. The summed E-state index contributed by atoms with van der Waals surface area (Å²) >= 11 is 3.46. The summed E-state index contributed by atoms with van der Waals surface area (Å²) in [6, 6.07) is 7.86. The fourth-order valence-corrected chi connectivity index (χ4v) is 3.73. The van der Waals surface area contributed by atoms with Gasteiger partial charge in [-0.15, -0.1) is 0 Å². The van der Waals surface area contributed by atoms with E-state index < -0.39 is 10.8 Å². The maximum absolute atomic E-state index is 12.8. The first-order valence-electron chi connectivity index (χ1n) is 8.91. The van der Waals surface area contributed by atoms with Crippen molar-refractivity contribution in [2.45, 2.75) is 20.3 Å². The topological polar surface area (TPSA) is 102 Å². The molecule has 9 heteroatoms. The third-order valence-electron chi connectivity index (χ3n) is 4.92. The number of hydrogen-bond acceptors (Lipinski definition) is 5. The van der Waals surface area contributed by atoms with Crippen molar-refractivity contribution in [1.29, 1.82) is 0 Å². The van der Waals surface area contributed by atoms with E-state index in [-0.39, 0.29) is 36.2 Å². The fourth-order valence-electron chi connectivity index (χ4n) is 3.27. The molecule has 0 unspecified atom stereocenters. The molecular weight excluding hydrogens is 442 g/mol. The van der Waals surface area contributed by atoms with Crippen LogP contribution >= 0.6 is 15.9 Å². The molecule has 8 nitrogen and oxygen atoms in total. The molecule has 0 spiro atoms. The molecule has 152 valence electrons. The summed E-state index contributed by atoms with van der Waals surface area (Å²) in [5.74, 6) is -0.800. The Bertz CT molecular complexity index is 1010. The molecule has 0 saturated carbocycles. The van der Waals surface area contributed by atoms with Gasteiger partial charge in [0.2, 0.25) is 11.8 Å². The van der Waals surface area contributed by atoms with E-state index >= 15 is 0 Å². The highest BCUT2D eigenvalue weighted by atomic mass is 79.9. The van der Waals surface area contributed by atoms with Gasteiger partial charge in [-0.05, 0) is 43.2 Å². The molecular formula is C20H20BrN3O5. The second-order valence-corrected chi connectivity index (χ2v) is 7.78. The Morgan fingerprint density at radius 3 is 2.66 bits per heavy atom. The minimum absolute atomic E-state index is 0.0561. The zero-order valence-corrected chi connectivity index (χ0v) is 17.8. The van der Waals surface area contributed by atoms with Crippen LogP contribution in [0.4, 0.5) is 17.1 Å². The number of nitrogens with one attached hydrogen (secondary N) is 1. The molecule has 0 aromatic heterocycles. The first-order valence-corrected chi connectivity index (χ1v) is 9.71. The van der Waals surface area contributed by atoms with E-state index in [0.717, 1.165) is 15.6 Å². The van der Waals surface area contributed by atoms with E-state index in [1.807, 2.05) is 26.0 Å². The first kappa shape index (κ1) is 20.8. The first-order chi connectivity index (χ1) is 13.7. The van der Waals surface area contributed by atoms with Crippen LogP contribution in [0.1, 0.15) is 17.5 Å². The lowest BCUT2D eigenvalue weighted by atomic mass is 10.1. The summed E-state index contributed by atoms with van der Waals surface area (Å²) in [6.45, 7) is 4.00. The highest BCUT2D eigenvalue weighted by Crippen LogP contribution is 2.36. The molecule has 0 bridgehead atoms. The van der Waals surface area contributed by atoms with Crippen molar-refractivity contribution in [1.82, 2.24) is 0 Å². The van der Waals surface area contributed by atoms with Crippen LogP contribution in [0.25, 0.3) is 0 Å². The monoisotopic (exact) mass is 461 g/mol. The Hall–Kier alpha value is -2.94. The van der Waals surface area contributed by atoms with Crippen molar-refractivity contribution < 1.29 is 19.2 Å². The summed E-state index contributed by atoms with van der Waals surface area (Å²) in [7, 11) is 1.38. The summed E-state index contributed by atoms with van der Waals surface area (Å²) in [5.41, 5.74) is 2.89. The molecule has 0 aliphatic carbocycles. The number of aryl methyl sites for hydroxylation is 2. The van der Waals surface area contributed by atoms with Gasteiger partial charge in [-0.2, -0.15) is 0 Å². The maximum atomic E-state index is 12.8. The van der Waals surface area contributed by atoms with E-state index in [9.17, 15) is 19.7 Å². The highest BCUT2D eigenvalue weighted by molar-refractivity contribution is 9.10. The van der Waals surface area contributed by atoms with Gasteiger partial charge in [0.05, 0.1) is 29.7 Å². The predicted octanol–water partition coefficient (Wildman–Crippen LogP) is 3.97. The third kappa shape index (κ3) is 4.24. The Morgan fingerprint density at radius 1 is 1.28 bits per heavy atom. The molecule has 2 aromatic carbocycles. The van der Waals surface area contributed by atoms with Crippen LogP contribution in [0.2, 0.25) is 0 Å². The number of nitro groups is 1. The van der Waals surface area contributed by atoms with Gasteiger partial charge in [0.1, 0.15) is 5.75 Å². The summed E-state index contributed by atoms with van der Waals surface area (Å²) in [4.78, 5) is 37.2. The van der Waals surface area contributed by atoms with Gasteiger partial charge in [0.15, 0.2) is 0 Å². The zero-order chi connectivity index (χ0) is 21.3. The minimum atomic E-state index is -0.536. The minimum Gasteiger partial charge on any atom is -0.494 e. The lowest BCUT2D eigenvalue weighted by Gasteiger charge is -2.19. The number of halogens is 1. The van der Waals surface area contributed by atoms with Gasteiger partial charge in [-0.25, -0.2) is 0 Å². The van der Waals surface area contributed by atoms with E-state index in [1.165, 1.54) is 30.2 Å². The van der Waals surface area contributed by atoms with Gasteiger partial charge in [0.25, 0.3) is 5.69 Å². The second kappa shape index (κ2) is 8.20. The molecule has 1 saturated heterocycles. The van der Waals surface area contributed by atoms with Crippen molar-refractivity contribution in [3.05, 3.63) is 56.0 Å². The number of nitrogens with zero attached hydrogens (tertiary/aromatic N) is 2. The Kier molecular flexibility index (Phi) is 5.88. The van der Waals surface area contributed by atoms with Crippen LogP contribution in [0.3, 0.4) is 0 Å². The van der Waals surface area contributed by atoms with Crippen LogP contribution in [0.5, 0.6) is 5.75 Å².